The van der Waals surface area contributed by atoms with Crippen LogP contribution in [-0.4, -0.2) is 64.5 Å². The zero-order chi connectivity index (χ0) is 22.7. The molecule has 0 spiro atoms. The standard InChI is InChI=1S/C21H27N3O6/c1-4-13-22-16-8-6-15(7-9-16)20(28)23-17(21(29)30)10-11-18(25)24(3)14(2)5-12-19(26)27/h1,6-9,14,17,22H,5,10-13H2,2-3H3,(H,23,28)(H,26,27)(H,29,30). The molecule has 0 fully saturated rings. The van der Waals surface area contributed by atoms with Crippen LogP contribution in [-0.2, 0) is 14.4 Å². The molecule has 9 heteroatoms. The van der Waals surface area contributed by atoms with Gasteiger partial charge in [-0.2, -0.15) is 0 Å². The Morgan fingerprint density at radius 1 is 1.10 bits per heavy atom. The van der Waals surface area contributed by atoms with Gasteiger partial charge in [-0.1, -0.05) is 5.92 Å². The van der Waals surface area contributed by atoms with Gasteiger partial charge in [0.2, 0.25) is 5.91 Å². The molecule has 2 atom stereocenters. The van der Waals surface area contributed by atoms with Crippen LogP contribution in [0.25, 0.3) is 0 Å². The van der Waals surface area contributed by atoms with Gasteiger partial charge in [0, 0.05) is 37.2 Å². The quantitative estimate of drug-likeness (QED) is 0.378. The minimum absolute atomic E-state index is 0.0658. The summed E-state index contributed by atoms with van der Waals surface area (Å²) in [6.07, 6.45) is 5.21. The summed E-state index contributed by atoms with van der Waals surface area (Å²) in [7, 11) is 1.54. The van der Waals surface area contributed by atoms with Crippen molar-refractivity contribution in [3.63, 3.8) is 0 Å². The average Bonchev–Trinajstić information content (AvgIpc) is 2.72. The summed E-state index contributed by atoms with van der Waals surface area (Å²) in [5.74, 6) is -0.654. The zero-order valence-electron chi connectivity index (χ0n) is 17.1. The number of terminal acetylenes is 1. The Morgan fingerprint density at radius 2 is 1.73 bits per heavy atom. The van der Waals surface area contributed by atoms with Crippen LogP contribution < -0.4 is 10.6 Å². The third-order valence-corrected chi connectivity index (χ3v) is 4.62. The molecule has 4 N–H and O–H groups in total. The first-order chi connectivity index (χ1) is 14.1. The number of benzene rings is 1. The van der Waals surface area contributed by atoms with Gasteiger partial charge < -0.3 is 25.7 Å². The van der Waals surface area contributed by atoms with Crippen LogP contribution in [0.15, 0.2) is 24.3 Å². The maximum Gasteiger partial charge on any atom is 0.326 e. The third kappa shape index (κ3) is 8.22. The van der Waals surface area contributed by atoms with Gasteiger partial charge in [-0.3, -0.25) is 14.4 Å². The highest BCUT2D eigenvalue weighted by Crippen LogP contribution is 2.11. The van der Waals surface area contributed by atoms with E-state index in [1.54, 1.807) is 26.1 Å². The van der Waals surface area contributed by atoms with Crippen LogP contribution in [0, 0.1) is 12.3 Å². The Kier molecular flexibility index (Phi) is 9.89. The third-order valence-electron chi connectivity index (χ3n) is 4.62. The number of hydrogen-bond acceptors (Lipinski definition) is 5. The van der Waals surface area contributed by atoms with Crippen LogP contribution in [0.5, 0.6) is 0 Å². The molecule has 0 aliphatic carbocycles. The van der Waals surface area contributed by atoms with Crippen LogP contribution in [0.3, 0.4) is 0 Å². The Labute approximate surface area is 175 Å². The Balaban J connectivity index is 2.62. The summed E-state index contributed by atoms with van der Waals surface area (Å²) >= 11 is 0. The van der Waals surface area contributed by atoms with E-state index in [0.29, 0.717) is 13.0 Å². The number of nitrogens with zero attached hydrogens (tertiary/aromatic N) is 1. The lowest BCUT2D eigenvalue weighted by molar-refractivity contribution is -0.141. The molecule has 2 unspecified atom stereocenters. The first-order valence-electron chi connectivity index (χ1n) is 9.44. The first-order valence-corrected chi connectivity index (χ1v) is 9.44. The second-order valence-corrected chi connectivity index (χ2v) is 6.82. The zero-order valence-corrected chi connectivity index (χ0v) is 17.1. The van der Waals surface area contributed by atoms with Crippen molar-refractivity contribution in [3.05, 3.63) is 29.8 Å². The van der Waals surface area contributed by atoms with E-state index in [1.807, 2.05) is 0 Å². The van der Waals surface area contributed by atoms with E-state index in [0.717, 1.165) is 5.69 Å². The van der Waals surface area contributed by atoms with E-state index in [2.05, 4.69) is 16.6 Å². The van der Waals surface area contributed by atoms with Crippen LogP contribution in [0.2, 0.25) is 0 Å². The molecule has 0 radical (unpaired) electrons. The predicted molar refractivity (Wildman–Crippen MR) is 111 cm³/mol. The van der Waals surface area contributed by atoms with Crippen molar-refractivity contribution in [1.29, 1.82) is 0 Å². The van der Waals surface area contributed by atoms with Crippen LogP contribution in [0.1, 0.15) is 43.0 Å². The minimum Gasteiger partial charge on any atom is -0.481 e. The topological polar surface area (TPSA) is 136 Å². The molecule has 0 saturated heterocycles. The highest BCUT2D eigenvalue weighted by Gasteiger charge is 2.24. The fraction of sp³-hybridized carbons (Fsp3) is 0.429. The lowest BCUT2D eigenvalue weighted by atomic mass is 10.1. The average molecular weight is 417 g/mol. The van der Waals surface area contributed by atoms with Gasteiger partial charge in [0.25, 0.3) is 5.91 Å². The number of rotatable bonds is 12. The number of nitrogens with one attached hydrogen (secondary N) is 2. The highest BCUT2D eigenvalue weighted by molar-refractivity contribution is 5.97. The number of aliphatic carboxylic acids is 2. The number of carbonyl (C=O) groups excluding carboxylic acids is 2. The van der Waals surface area contributed by atoms with Crippen molar-refractivity contribution in [2.24, 2.45) is 0 Å². The normalized spacial score (nSPS) is 12.2. The molecule has 9 nitrogen and oxygen atoms in total. The number of anilines is 1. The van der Waals surface area contributed by atoms with Crippen molar-refractivity contribution < 1.29 is 29.4 Å². The van der Waals surface area contributed by atoms with Crippen molar-refractivity contribution >= 4 is 29.4 Å². The van der Waals surface area contributed by atoms with E-state index < -0.39 is 23.9 Å². The molecule has 0 saturated carbocycles. The van der Waals surface area contributed by atoms with E-state index >= 15 is 0 Å². The minimum atomic E-state index is -1.25. The number of carboxylic acid groups (broad SMARTS) is 2. The van der Waals surface area contributed by atoms with Gasteiger partial charge in [-0.15, -0.1) is 6.42 Å². The van der Waals surface area contributed by atoms with Gasteiger partial charge in [-0.05, 0) is 44.0 Å². The molecule has 0 heterocycles. The van der Waals surface area contributed by atoms with Crippen molar-refractivity contribution in [2.45, 2.75) is 44.7 Å². The van der Waals surface area contributed by atoms with Crippen LogP contribution >= 0.6 is 0 Å². The number of hydrogen-bond donors (Lipinski definition) is 4. The molecule has 162 valence electrons. The molecule has 30 heavy (non-hydrogen) atoms. The molecular formula is C21H27N3O6. The number of amides is 2. The predicted octanol–water partition coefficient (Wildman–Crippen LogP) is 1.41. The first kappa shape index (κ1) is 24.5. The summed E-state index contributed by atoms with van der Waals surface area (Å²) in [4.78, 5) is 48.2. The molecule has 0 aromatic heterocycles. The van der Waals surface area contributed by atoms with Gasteiger partial charge in [0.15, 0.2) is 0 Å². The summed E-state index contributed by atoms with van der Waals surface area (Å²) in [5.41, 5.74) is 1.00. The molecular weight excluding hydrogens is 390 g/mol. The SMILES string of the molecule is C#CCNc1ccc(C(=O)NC(CCC(=O)N(C)C(C)CCC(=O)O)C(=O)O)cc1. The summed E-state index contributed by atoms with van der Waals surface area (Å²) < 4.78 is 0. The monoisotopic (exact) mass is 417 g/mol. The molecule has 1 rings (SSSR count). The van der Waals surface area contributed by atoms with Crippen molar-refractivity contribution in [2.75, 3.05) is 18.9 Å². The van der Waals surface area contributed by atoms with E-state index in [1.165, 1.54) is 17.0 Å². The highest BCUT2D eigenvalue weighted by atomic mass is 16.4. The van der Waals surface area contributed by atoms with E-state index in [4.69, 9.17) is 11.5 Å². The van der Waals surface area contributed by atoms with Gasteiger partial charge in [-0.25, -0.2) is 4.79 Å². The maximum atomic E-state index is 12.3. The molecule has 1 aromatic carbocycles. The smallest absolute Gasteiger partial charge is 0.326 e. The van der Waals surface area contributed by atoms with Gasteiger partial charge >= 0.3 is 11.9 Å². The molecule has 2 amide bonds. The lowest BCUT2D eigenvalue weighted by Gasteiger charge is -2.25. The summed E-state index contributed by atoms with van der Waals surface area (Å²) in [6.45, 7) is 2.06. The number of carbonyl (C=O) groups is 4. The summed E-state index contributed by atoms with van der Waals surface area (Å²) in [6, 6.07) is 4.85. The Bertz CT molecular complexity index is 800. The molecule has 1 aromatic rings. The second kappa shape index (κ2) is 12.1. The number of carboxylic acids is 2. The maximum absolute atomic E-state index is 12.3. The lowest BCUT2D eigenvalue weighted by Crippen LogP contribution is -2.42. The van der Waals surface area contributed by atoms with E-state index in [-0.39, 0.29) is 36.8 Å². The Morgan fingerprint density at radius 3 is 2.27 bits per heavy atom. The molecule has 0 aliphatic rings. The largest absolute Gasteiger partial charge is 0.481 e. The van der Waals surface area contributed by atoms with Crippen molar-refractivity contribution in [1.82, 2.24) is 10.2 Å². The molecule has 0 bridgehead atoms. The fourth-order valence-corrected chi connectivity index (χ4v) is 2.61. The second-order valence-electron chi connectivity index (χ2n) is 6.82. The van der Waals surface area contributed by atoms with Gasteiger partial charge in [0.1, 0.15) is 6.04 Å². The van der Waals surface area contributed by atoms with Crippen molar-refractivity contribution in [3.8, 4) is 12.3 Å². The van der Waals surface area contributed by atoms with Crippen LogP contribution in [0.4, 0.5) is 5.69 Å². The Hall–Kier alpha value is -3.54. The summed E-state index contributed by atoms with van der Waals surface area (Å²) in [5, 5.41) is 23.5. The fourth-order valence-electron chi connectivity index (χ4n) is 2.61. The van der Waals surface area contributed by atoms with E-state index in [9.17, 15) is 24.3 Å². The van der Waals surface area contributed by atoms with Gasteiger partial charge in [0.05, 0.1) is 6.54 Å². The molecule has 0 aliphatic heterocycles.